The SMILES string of the molecule is CCOc1ccccc1NC(=O)c1nnn2c1CO[C@H](c1ccc(F)cc1)C2. The van der Waals surface area contributed by atoms with Gasteiger partial charge in [-0.25, -0.2) is 9.07 Å². The van der Waals surface area contributed by atoms with E-state index in [1.807, 2.05) is 19.1 Å². The summed E-state index contributed by atoms with van der Waals surface area (Å²) in [5.74, 6) is -0.0865. The summed E-state index contributed by atoms with van der Waals surface area (Å²) in [7, 11) is 0. The summed E-state index contributed by atoms with van der Waals surface area (Å²) < 4.78 is 26.2. The molecule has 1 aliphatic rings. The minimum absolute atomic E-state index is 0.185. The summed E-state index contributed by atoms with van der Waals surface area (Å²) >= 11 is 0. The fraction of sp³-hybridized carbons (Fsp3) is 0.250. The average molecular weight is 382 g/mol. The van der Waals surface area contributed by atoms with Crippen LogP contribution in [0.5, 0.6) is 5.75 Å². The van der Waals surface area contributed by atoms with Crippen molar-refractivity contribution in [1.29, 1.82) is 0 Å². The van der Waals surface area contributed by atoms with Crippen LogP contribution in [0, 0.1) is 5.82 Å². The van der Waals surface area contributed by atoms with E-state index in [-0.39, 0.29) is 30.1 Å². The number of fused-ring (bicyclic) bond motifs is 1. The molecule has 1 aliphatic heterocycles. The minimum Gasteiger partial charge on any atom is -0.492 e. The summed E-state index contributed by atoms with van der Waals surface area (Å²) in [6, 6.07) is 13.4. The van der Waals surface area contributed by atoms with E-state index in [0.717, 1.165) is 5.56 Å². The van der Waals surface area contributed by atoms with Crippen molar-refractivity contribution >= 4 is 11.6 Å². The first kappa shape index (κ1) is 18.1. The van der Waals surface area contributed by atoms with Gasteiger partial charge in [-0.05, 0) is 36.8 Å². The van der Waals surface area contributed by atoms with Crippen molar-refractivity contribution in [3.63, 3.8) is 0 Å². The third-order valence-corrected chi connectivity index (χ3v) is 4.49. The number of nitrogens with zero attached hydrogens (tertiary/aromatic N) is 3. The Morgan fingerprint density at radius 2 is 2.07 bits per heavy atom. The van der Waals surface area contributed by atoms with Crippen molar-refractivity contribution in [1.82, 2.24) is 15.0 Å². The summed E-state index contributed by atoms with van der Waals surface area (Å²) in [5, 5.41) is 10.9. The van der Waals surface area contributed by atoms with Gasteiger partial charge in [0.15, 0.2) is 5.69 Å². The number of benzene rings is 2. The van der Waals surface area contributed by atoms with Crippen LogP contribution in [0.3, 0.4) is 0 Å². The van der Waals surface area contributed by atoms with E-state index in [0.29, 0.717) is 30.3 Å². The van der Waals surface area contributed by atoms with Crippen LogP contribution in [0.15, 0.2) is 48.5 Å². The number of para-hydroxylation sites is 2. The smallest absolute Gasteiger partial charge is 0.278 e. The number of aromatic nitrogens is 3. The first-order valence-corrected chi connectivity index (χ1v) is 8.98. The van der Waals surface area contributed by atoms with E-state index < -0.39 is 0 Å². The Morgan fingerprint density at radius 1 is 1.29 bits per heavy atom. The van der Waals surface area contributed by atoms with E-state index in [9.17, 15) is 9.18 Å². The van der Waals surface area contributed by atoms with Gasteiger partial charge in [-0.15, -0.1) is 5.10 Å². The molecule has 0 aliphatic carbocycles. The molecule has 4 rings (SSSR count). The Balaban J connectivity index is 1.51. The largest absolute Gasteiger partial charge is 0.492 e. The van der Waals surface area contributed by atoms with Gasteiger partial charge in [-0.3, -0.25) is 4.79 Å². The lowest BCUT2D eigenvalue weighted by atomic mass is 10.1. The standard InChI is InChI=1S/C20H19FN4O3/c1-2-27-17-6-4-3-5-15(17)22-20(26)19-16-12-28-18(11-25(16)24-23-19)13-7-9-14(21)10-8-13/h3-10,18H,2,11-12H2,1H3,(H,22,26)/t18-/m0/s1. The highest BCUT2D eigenvalue weighted by atomic mass is 19.1. The molecule has 1 amide bonds. The lowest BCUT2D eigenvalue weighted by molar-refractivity contribution is -0.00174. The average Bonchev–Trinajstić information content (AvgIpc) is 3.13. The van der Waals surface area contributed by atoms with Crippen LogP contribution in [0.1, 0.15) is 34.8 Å². The molecule has 2 aromatic carbocycles. The zero-order valence-corrected chi connectivity index (χ0v) is 15.3. The predicted molar refractivity (Wildman–Crippen MR) is 99.5 cm³/mol. The van der Waals surface area contributed by atoms with Crippen molar-refractivity contribution in [2.45, 2.75) is 26.2 Å². The topological polar surface area (TPSA) is 78.3 Å². The molecule has 144 valence electrons. The number of halogens is 1. The number of rotatable bonds is 5. The normalized spacial score (nSPS) is 15.7. The second-order valence-corrected chi connectivity index (χ2v) is 6.30. The summed E-state index contributed by atoms with van der Waals surface area (Å²) in [6.07, 6.45) is -0.274. The fourth-order valence-electron chi connectivity index (χ4n) is 3.10. The maximum atomic E-state index is 13.1. The highest BCUT2D eigenvalue weighted by Gasteiger charge is 2.28. The number of carbonyl (C=O) groups is 1. The fourth-order valence-corrected chi connectivity index (χ4v) is 3.10. The number of hydrogen-bond donors (Lipinski definition) is 1. The molecule has 0 bridgehead atoms. The van der Waals surface area contributed by atoms with E-state index in [1.54, 1.807) is 28.9 Å². The van der Waals surface area contributed by atoms with E-state index in [1.165, 1.54) is 12.1 Å². The van der Waals surface area contributed by atoms with Gasteiger partial charge >= 0.3 is 0 Å². The molecular formula is C20H19FN4O3. The summed E-state index contributed by atoms with van der Waals surface area (Å²) in [5.41, 5.74) is 2.23. The summed E-state index contributed by atoms with van der Waals surface area (Å²) in [6.45, 7) is 2.96. The van der Waals surface area contributed by atoms with Gasteiger partial charge in [-0.1, -0.05) is 29.5 Å². The number of carbonyl (C=O) groups excluding carboxylic acids is 1. The van der Waals surface area contributed by atoms with E-state index in [2.05, 4.69) is 15.6 Å². The van der Waals surface area contributed by atoms with Crippen LogP contribution in [0.4, 0.5) is 10.1 Å². The predicted octanol–water partition coefficient (Wildman–Crippen LogP) is 3.34. The van der Waals surface area contributed by atoms with Crippen molar-refractivity contribution in [3.05, 3.63) is 71.3 Å². The van der Waals surface area contributed by atoms with Gasteiger partial charge in [0.25, 0.3) is 5.91 Å². The van der Waals surface area contributed by atoms with Crippen LogP contribution in [-0.2, 0) is 17.9 Å². The molecule has 0 unspecified atom stereocenters. The molecule has 7 nitrogen and oxygen atoms in total. The third-order valence-electron chi connectivity index (χ3n) is 4.49. The Labute approximate surface area is 161 Å². The quantitative estimate of drug-likeness (QED) is 0.732. The Bertz CT molecular complexity index is 987. The molecule has 28 heavy (non-hydrogen) atoms. The zero-order valence-electron chi connectivity index (χ0n) is 15.3. The third kappa shape index (κ3) is 3.59. The Morgan fingerprint density at radius 3 is 2.86 bits per heavy atom. The van der Waals surface area contributed by atoms with Crippen molar-refractivity contribution in [2.75, 3.05) is 11.9 Å². The van der Waals surface area contributed by atoms with Gasteiger partial charge in [-0.2, -0.15) is 0 Å². The molecule has 0 saturated heterocycles. The molecule has 3 aromatic rings. The number of nitrogens with one attached hydrogen (secondary N) is 1. The van der Waals surface area contributed by atoms with Crippen LogP contribution in [0.2, 0.25) is 0 Å². The molecule has 2 heterocycles. The number of hydrogen-bond acceptors (Lipinski definition) is 5. The molecular weight excluding hydrogens is 363 g/mol. The molecule has 0 saturated carbocycles. The lowest BCUT2D eigenvalue weighted by Crippen LogP contribution is -2.24. The van der Waals surface area contributed by atoms with E-state index >= 15 is 0 Å². The monoisotopic (exact) mass is 382 g/mol. The molecule has 0 spiro atoms. The number of amides is 1. The minimum atomic E-state index is -0.378. The highest BCUT2D eigenvalue weighted by molar-refractivity contribution is 6.04. The van der Waals surface area contributed by atoms with Crippen molar-refractivity contribution < 1.29 is 18.7 Å². The van der Waals surface area contributed by atoms with Crippen LogP contribution in [0.25, 0.3) is 0 Å². The van der Waals surface area contributed by atoms with Gasteiger partial charge < -0.3 is 14.8 Å². The lowest BCUT2D eigenvalue weighted by Gasteiger charge is -2.24. The molecule has 1 aromatic heterocycles. The van der Waals surface area contributed by atoms with Gasteiger partial charge in [0.2, 0.25) is 0 Å². The van der Waals surface area contributed by atoms with Crippen LogP contribution < -0.4 is 10.1 Å². The molecule has 1 atom stereocenters. The van der Waals surface area contributed by atoms with Crippen LogP contribution in [-0.4, -0.2) is 27.5 Å². The van der Waals surface area contributed by atoms with Crippen LogP contribution >= 0.6 is 0 Å². The number of ether oxygens (including phenoxy) is 2. The maximum Gasteiger partial charge on any atom is 0.278 e. The first-order chi connectivity index (χ1) is 13.7. The first-order valence-electron chi connectivity index (χ1n) is 8.98. The van der Waals surface area contributed by atoms with E-state index in [4.69, 9.17) is 9.47 Å². The van der Waals surface area contributed by atoms with Gasteiger partial charge in [0.05, 0.1) is 31.1 Å². The highest BCUT2D eigenvalue weighted by Crippen LogP contribution is 2.28. The summed E-state index contributed by atoms with van der Waals surface area (Å²) in [4.78, 5) is 12.7. The second-order valence-electron chi connectivity index (χ2n) is 6.30. The molecule has 8 heteroatoms. The van der Waals surface area contributed by atoms with Crippen molar-refractivity contribution in [3.8, 4) is 5.75 Å². The molecule has 0 radical (unpaired) electrons. The number of anilines is 1. The Kier molecular flexibility index (Phi) is 5.03. The van der Waals surface area contributed by atoms with Gasteiger partial charge in [0, 0.05) is 0 Å². The maximum absolute atomic E-state index is 13.1. The second kappa shape index (κ2) is 7.77. The molecule has 0 fully saturated rings. The van der Waals surface area contributed by atoms with Crippen molar-refractivity contribution in [2.24, 2.45) is 0 Å². The Hall–Kier alpha value is -3.26. The zero-order chi connectivity index (χ0) is 19.5. The van der Waals surface area contributed by atoms with Gasteiger partial charge in [0.1, 0.15) is 17.7 Å². The molecule has 1 N–H and O–H groups in total.